The molecule has 3 rings (SSSR count). The second-order valence-electron chi connectivity index (χ2n) is 5.28. The fraction of sp³-hybridized carbons (Fsp3) is 0.400. The molecule has 1 saturated heterocycles. The first-order valence-electron chi connectivity index (χ1n) is 7.39. The van der Waals surface area contributed by atoms with Crippen LogP contribution in [0.3, 0.4) is 0 Å². The Morgan fingerprint density at radius 2 is 2.05 bits per heavy atom. The van der Waals surface area contributed by atoms with Crippen LogP contribution in [0, 0.1) is 0 Å². The zero-order valence-corrected chi connectivity index (χ0v) is 13.1. The summed E-state index contributed by atoms with van der Waals surface area (Å²) in [7, 11) is 0. The lowest BCUT2D eigenvalue weighted by Gasteiger charge is -2.21. The summed E-state index contributed by atoms with van der Waals surface area (Å²) in [4.78, 5) is 16.5. The molecular weight excluding hydrogens is 298 g/mol. The summed E-state index contributed by atoms with van der Waals surface area (Å²) in [6, 6.07) is 10.4. The molecular formula is C15H19N5OS. The van der Waals surface area contributed by atoms with Gasteiger partial charge in [-0.1, -0.05) is 41.7 Å². The number of hydrogen-bond donors (Lipinski definition) is 1. The summed E-state index contributed by atoms with van der Waals surface area (Å²) in [6.07, 6.45) is 0.983. The Hall–Kier alpha value is -1.99. The van der Waals surface area contributed by atoms with Crippen molar-refractivity contribution >= 4 is 22.5 Å². The van der Waals surface area contributed by atoms with Crippen molar-refractivity contribution in [2.45, 2.75) is 13.0 Å². The number of nitrogens with one attached hydrogen (secondary N) is 1. The van der Waals surface area contributed by atoms with Gasteiger partial charge in [-0.2, -0.15) is 0 Å². The average molecular weight is 317 g/mol. The summed E-state index contributed by atoms with van der Waals surface area (Å²) in [5, 5.41) is 10.9. The van der Waals surface area contributed by atoms with Crippen molar-refractivity contribution < 1.29 is 4.79 Å². The van der Waals surface area contributed by atoms with Crippen LogP contribution in [0.1, 0.15) is 12.0 Å². The minimum absolute atomic E-state index is 0.0849. The van der Waals surface area contributed by atoms with Gasteiger partial charge in [0.25, 0.3) is 0 Å². The number of amides is 2. The van der Waals surface area contributed by atoms with Crippen molar-refractivity contribution in [2.24, 2.45) is 0 Å². The standard InChI is InChI=1S/C15H19N5OS/c21-15(17-14-18-16-12-22-14)20-8-4-7-19(9-10-20)11-13-5-2-1-3-6-13/h1-3,5-6,12H,4,7-11H2,(H,17,18,21). The Bertz CT molecular complexity index is 589. The average Bonchev–Trinajstić information content (AvgIpc) is 2.93. The lowest BCUT2D eigenvalue weighted by Crippen LogP contribution is -2.38. The maximum Gasteiger partial charge on any atom is 0.323 e. The molecule has 22 heavy (non-hydrogen) atoms. The van der Waals surface area contributed by atoms with Gasteiger partial charge in [0.15, 0.2) is 0 Å². The number of anilines is 1. The molecule has 2 heterocycles. The number of benzene rings is 1. The number of hydrogen-bond acceptors (Lipinski definition) is 5. The van der Waals surface area contributed by atoms with Crippen LogP contribution in [0.15, 0.2) is 35.8 Å². The van der Waals surface area contributed by atoms with Gasteiger partial charge in [-0.25, -0.2) is 4.79 Å². The topological polar surface area (TPSA) is 61.4 Å². The highest BCUT2D eigenvalue weighted by Crippen LogP contribution is 2.12. The minimum Gasteiger partial charge on any atom is -0.323 e. The highest BCUT2D eigenvalue weighted by molar-refractivity contribution is 7.13. The van der Waals surface area contributed by atoms with Gasteiger partial charge in [-0.3, -0.25) is 10.2 Å². The van der Waals surface area contributed by atoms with Gasteiger partial charge >= 0.3 is 6.03 Å². The summed E-state index contributed by atoms with van der Waals surface area (Å²) >= 11 is 1.33. The molecule has 0 spiro atoms. The van der Waals surface area contributed by atoms with Crippen molar-refractivity contribution in [3.63, 3.8) is 0 Å². The van der Waals surface area contributed by atoms with Crippen molar-refractivity contribution in [2.75, 3.05) is 31.5 Å². The van der Waals surface area contributed by atoms with E-state index in [1.807, 2.05) is 11.0 Å². The zero-order chi connectivity index (χ0) is 15.2. The van der Waals surface area contributed by atoms with Gasteiger partial charge < -0.3 is 4.90 Å². The molecule has 2 amide bonds. The number of rotatable bonds is 3. The van der Waals surface area contributed by atoms with E-state index in [4.69, 9.17) is 0 Å². The third-order valence-electron chi connectivity index (χ3n) is 3.70. The first-order valence-corrected chi connectivity index (χ1v) is 8.27. The number of urea groups is 1. The molecule has 0 radical (unpaired) electrons. The molecule has 1 aliphatic heterocycles. The Morgan fingerprint density at radius 1 is 1.18 bits per heavy atom. The van der Waals surface area contributed by atoms with Gasteiger partial charge in [0, 0.05) is 32.7 Å². The van der Waals surface area contributed by atoms with E-state index in [-0.39, 0.29) is 6.03 Å². The Kier molecular flexibility index (Phi) is 4.97. The van der Waals surface area contributed by atoms with Crippen LogP contribution in [-0.2, 0) is 6.54 Å². The van der Waals surface area contributed by atoms with Crippen molar-refractivity contribution in [3.8, 4) is 0 Å². The lowest BCUT2D eigenvalue weighted by molar-refractivity contribution is 0.211. The highest BCUT2D eigenvalue weighted by Gasteiger charge is 2.19. The maximum absolute atomic E-state index is 12.2. The van der Waals surface area contributed by atoms with E-state index in [1.165, 1.54) is 16.9 Å². The fourth-order valence-corrected chi connectivity index (χ4v) is 3.01. The molecule has 1 N–H and O–H groups in total. The lowest BCUT2D eigenvalue weighted by atomic mass is 10.2. The third-order valence-corrected chi connectivity index (χ3v) is 4.31. The predicted octanol–water partition coefficient (Wildman–Crippen LogP) is 2.28. The van der Waals surface area contributed by atoms with Crippen LogP contribution < -0.4 is 5.32 Å². The van der Waals surface area contributed by atoms with Crippen LogP contribution in [0.2, 0.25) is 0 Å². The zero-order valence-electron chi connectivity index (χ0n) is 12.3. The Morgan fingerprint density at radius 3 is 2.82 bits per heavy atom. The van der Waals surface area contributed by atoms with Crippen LogP contribution in [0.4, 0.5) is 9.93 Å². The molecule has 0 atom stereocenters. The van der Waals surface area contributed by atoms with E-state index in [0.29, 0.717) is 5.13 Å². The summed E-state index contributed by atoms with van der Waals surface area (Å²) < 4.78 is 0. The van der Waals surface area contributed by atoms with Crippen LogP contribution in [-0.4, -0.2) is 52.2 Å². The third kappa shape index (κ3) is 4.02. The quantitative estimate of drug-likeness (QED) is 0.943. The molecule has 1 aromatic heterocycles. The van der Waals surface area contributed by atoms with Gasteiger partial charge in [0.2, 0.25) is 5.13 Å². The van der Waals surface area contributed by atoms with Crippen molar-refractivity contribution in [1.29, 1.82) is 0 Å². The molecule has 0 saturated carbocycles. The molecule has 0 aliphatic carbocycles. The maximum atomic E-state index is 12.2. The van der Waals surface area contributed by atoms with Gasteiger partial charge in [-0.15, -0.1) is 10.2 Å². The molecule has 1 aromatic carbocycles. The molecule has 2 aromatic rings. The van der Waals surface area contributed by atoms with E-state index >= 15 is 0 Å². The first kappa shape index (κ1) is 14.9. The van der Waals surface area contributed by atoms with E-state index in [0.717, 1.165) is 39.1 Å². The van der Waals surface area contributed by atoms with E-state index in [1.54, 1.807) is 5.51 Å². The van der Waals surface area contributed by atoms with Crippen LogP contribution in [0.25, 0.3) is 0 Å². The number of carbonyl (C=O) groups is 1. The summed E-state index contributed by atoms with van der Waals surface area (Å²) in [5.74, 6) is 0. The second-order valence-corrected chi connectivity index (χ2v) is 6.11. The van der Waals surface area contributed by atoms with E-state index in [9.17, 15) is 4.79 Å². The molecule has 1 fully saturated rings. The van der Waals surface area contributed by atoms with Crippen molar-refractivity contribution in [1.82, 2.24) is 20.0 Å². The summed E-state index contributed by atoms with van der Waals surface area (Å²) in [6.45, 7) is 4.34. The Labute approximate surface area is 133 Å². The predicted molar refractivity (Wildman–Crippen MR) is 86.8 cm³/mol. The SMILES string of the molecule is O=C(Nc1nncs1)N1CCCN(Cc2ccccc2)CC1. The molecule has 0 bridgehead atoms. The number of aromatic nitrogens is 2. The Balaban J connectivity index is 1.52. The minimum atomic E-state index is -0.0849. The first-order chi connectivity index (χ1) is 10.8. The fourth-order valence-electron chi connectivity index (χ4n) is 2.57. The molecule has 1 aliphatic rings. The largest absolute Gasteiger partial charge is 0.323 e. The van der Waals surface area contributed by atoms with Gasteiger partial charge in [0.05, 0.1) is 0 Å². The smallest absolute Gasteiger partial charge is 0.323 e. The summed E-state index contributed by atoms with van der Waals surface area (Å²) in [5.41, 5.74) is 2.92. The second kappa shape index (κ2) is 7.33. The van der Waals surface area contributed by atoms with Gasteiger partial charge in [0.1, 0.15) is 5.51 Å². The normalized spacial score (nSPS) is 16.3. The molecule has 116 valence electrons. The molecule has 0 unspecified atom stereocenters. The van der Waals surface area contributed by atoms with E-state index < -0.39 is 0 Å². The monoisotopic (exact) mass is 317 g/mol. The van der Waals surface area contributed by atoms with Crippen LogP contribution >= 0.6 is 11.3 Å². The highest BCUT2D eigenvalue weighted by atomic mass is 32.1. The van der Waals surface area contributed by atoms with Crippen molar-refractivity contribution in [3.05, 3.63) is 41.4 Å². The number of carbonyl (C=O) groups excluding carboxylic acids is 1. The van der Waals surface area contributed by atoms with Crippen LogP contribution in [0.5, 0.6) is 0 Å². The number of nitrogens with zero attached hydrogens (tertiary/aromatic N) is 4. The molecule has 6 nitrogen and oxygen atoms in total. The molecule has 7 heteroatoms. The van der Waals surface area contributed by atoms with Gasteiger partial charge in [-0.05, 0) is 12.0 Å². The van der Waals surface area contributed by atoms with E-state index in [2.05, 4.69) is 44.7 Å².